The zero-order valence-electron chi connectivity index (χ0n) is 10.1. The number of hydrogen-bond donors (Lipinski definition) is 0. The van der Waals surface area contributed by atoms with Crippen LogP contribution in [0.15, 0.2) is 16.6 Å². The average molecular weight is 342 g/mol. The van der Waals surface area contributed by atoms with Crippen LogP contribution in [-0.2, 0) is 22.6 Å². The van der Waals surface area contributed by atoms with Gasteiger partial charge in [0, 0.05) is 16.5 Å². The van der Waals surface area contributed by atoms with E-state index >= 15 is 0 Å². The fourth-order valence-corrected chi connectivity index (χ4v) is 3.65. The topological polar surface area (TPSA) is 46.6 Å². The number of rotatable bonds is 2. The molecule has 0 atom stereocenters. The molecule has 1 saturated heterocycles. The van der Waals surface area contributed by atoms with Gasteiger partial charge in [0.1, 0.15) is 5.75 Å². The van der Waals surface area contributed by atoms with E-state index in [0.717, 1.165) is 27.8 Å². The molecule has 0 radical (unpaired) electrons. The molecule has 0 saturated carbocycles. The van der Waals surface area contributed by atoms with Gasteiger partial charge in [0.05, 0.1) is 24.7 Å². The highest BCUT2D eigenvalue weighted by molar-refractivity contribution is 9.10. The van der Waals surface area contributed by atoms with Crippen molar-refractivity contribution >= 4 is 39.5 Å². The molecule has 2 amide bonds. The third-order valence-corrected chi connectivity index (χ3v) is 4.57. The monoisotopic (exact) mass is 341 g/mol. The van der Waals surface area contributed by atoms with Gasteiger partial charge in [-0.3, -0.25) is 14.5 Å². The van der Waals surface area contributed by atoms with Gasteiger partial charge in [-0.1, -0.05) is 15.9 Å². The molecule has 1 fully saturated rings. The Morgan fingerprint density at radius 2 is 2.00 bits per heavy atom. The number of carbonyl (C=O) groups is 2. The van der Waals surface area contributed by atoms with Crippen LogP contribution >= 0.6 is 27.7 Å². The molecule has 3 rings (SSSR count). The van der Waals surface area contributed by atoms with Crippen LogP contribution in [0.25, 0.3) is 0 Å². The number of benzene rings is 1. The maximum atomic E-state index is 11.8. The number of amides is 2. The van der Waals surface area contributed by atoms with Crippen LogP contribution in [0, 0.1) is 0 Å². The summed E-state index contributed by atoms with van der Waals surface area (Å²) in [5.41, 5.74) is 2.03. The van der Waals surface area contributed by atoms with Crippen molar-refractivity contribution in [2.45, 2.75) is 13.0 Å². The van der Waals surface area contributed by atoms with E-state index in [9.17, 15) is 9.59 Å². The smallest absolute Gasteiger partial charge is 0.239 e. The van der Waals surface area contributed by atoms with Gasteiger partial charge in [0.25, 0.3) is 0 Å². The molecular formula is C13H12BrNO3S. The maximum absolute atomic E-state index is 11.8. The highest BCUT2D eigenvalue weighted by Crippen LogP contribution is 2.34. The summed E-state index contributed by atoms with van der Waals surface area (Å²) >= 11 is 4.84. The molecular weight excluding hydrogens is 330 g/mol. The molecule has 2 aliphatic heterocycles. The Morgan fingerprint density at radius 1 is 1.26 bits per heavy atom. The summed E-state index contributed by atoms with van der Waals surface area (Å²) in [5.74, 6) is 1.36. The van der Waals surface area contributed by atoms with Crippen molar-refractivity contribution in [3.05, 3.63) is 27.7 Å². The summed E-state index contributed by atoms with van der Waals surface area (Å²) in [6.45, 7) is 0.969. The molecule has 0 aromatic heterocycles. The van der Waals surface area contributed by atoms with Crippen molar-refractivity contribution in [2.24, 2.45) is 0 Å². The minimum atomic E-state index is -0.118. The van der Waals surface area contributed by atoms with Crippen LogP contribution in [0.5, 0.6) is 5.75 Å². The predicted molar refractivity (Wildman–Crippen MR) is 76.2 cm³/mol. The van der Waals surface area contributed by atoms with Gasteiger partial charge in [-0.25, -0.2) is 0 Å². The molecule has 1 aromatic carbocycles. The van der Waals surface area contributed by atoms with Crippen LogP contribution < -0.4 is 4.74 Å². The van der Waals surface area contributed by atoms with E-state index in [-0.39, 0.29) is 11.8 Å². The lowest BCUT2D eigenvalue weighted by molar-refractivity contribution is -0.142. The molecule has 0 aliphatic carbocycles. The molecule has 0 unspecified atom stereocenters. The van der Waals surface area contributed by atoms with Crippen LogP contribution in [0.4, 0.5) is 0 Å². The first kappa shape index (κ1) is 13.0. The Bertz CT molecular complexity index is 545. The molecule has 1 aromatic rings. The second-order valence-electron chi connectivity index (χ2n) is 4.52. The normalized spacial score (nSPS) is 18.5. The number of hydrogen-bond acceptors (Lipinski definition) is 4. The van der Waals surface area contributed by atoms with E-state index in [2.05, 4.69) is 15.9 Å². The summed E-state index contributed by atoms with van der Waals surface area (Å²) in [6.07, 6.45) is 0.875. The summed E-state index contributed by atoms with van der Waals surface area (Å²) in [5, 5.41) is 0. The van der Waals surface area contributed by atoms with E-state index in [1.54, 1.807) is 0 Å². The first-order chi connectivity index (χ1) is 9.15. The molecule has 4 nitrogen and oxygen atoms in total. The number of nitrogens with zero attached hydrogens (tertiary/aromatic N) is 1. The minimum absolute atomic E-state index is 0.118. The molecule has 0 N–H and O–H groups in total. The Morgan fingerprint density at radius 3 is 2.74 bits per heavy atom. The molecule has 0 bridgehead atoms. The van der Waals surface area contributed by atoms with Crippen molar-refractivity contribution in [3.63, 3.8) is 0 Å². The lowest BCUT2D eigenvalue weighted by atomic mass is 10.1. The van der Waals surface area contributed by atoms with Crippen LogP contribution in [0.3, 0.4) is 0 Å². The van der Waals surface area contributed by atoms with Gasteiger partial charge in [-0.15, -0.1) is 11.8 Å². The zero-order chi connectivity index (χ0) is 13.4. The van der Waals surface area contributed by atoms with Gasteiger partial charge in [-0.2, -0.15) is 0 Å². The van der Waals surface area contributed by atoms with Crippen molar-refractivity contribution in [3.8, 4) is 5.75 Å². The molecule has 19 heavy (non-hydrogen) atoms. The van der Waals surface area contributed by atoms with Gasteiger partial charge in [0.15, 0.2) is 0 Å². The molecule has 6 heteroatoms. The van der Waals surface area contributed by atoms with Crippen molar-refractivity contribution in [2.75, 3.05) is 18.1 Å². The van der Waals surface area contributed by atoms with Gasteiger partial charge in [0.2, 0.25) is 11.8 Å². The summed E-state index contributed by atoms with van der Waals surface area (Å²) in [4.78, 5) is 25.0. The van der Waals surface area contributed by atoms with Gasteiger partial charge in [-0.05, 0) is 17.7 Å². The second-order valence-corrected chi connectivity index (χ2v) is 6.42. The largest absolute Gasteiger partial charge is 0.493 e. The minimum Gasteiger partial charge on any atom is -0.493 e. The third-order valence-electron chi connectivity index (χ3n) is 3.21. The Kier molecular flexibility index (Phi) is 3.54. The van der Waals surface area contributed by atoms with Crippen molar-refractivity contribution in [1.29, 1.82) is 0 Å². The van der Waals surface area contributed by atoms with Gasteiger partial charge < -0.3 is 4.74 Å². The van der Waals surface area contributed by atoms with E-state index < -0.39 is 0 Å². The zero-order valence-corrected chi connectivity index (χ0v) is 12.6. The van der Waals surface area contributed by atoms with Crippen molar-refractivity contribution in [1.82, 2.24) is 4.90 Å². The first-order valence-electron chi connectivity index (χ1n) is 6.00. The van der Waals surface area contributed by atoms with E-state index in [1.165, 1.54) is 16.7 Å². The molecule has 100 valence electrons. The summed E-state index contributed by atoms with van der Waals surface area (Å²) in [6, 6.07) is 3.95. The SMILES string of the molecule is O=C1CSCC(=O)N1Cc1cc(Br)cc2c1OCC2. The van der Waals surface area contributed by atoms with E-state index in [0.29, 0.717) is 24.7 Å². The van der Waals surface area contributed by atoms with E-state index in [1.807, 2.05) is 12.1 Å². The fraction of sp³-hybridized carbons (Fsp3) is 0.385. The second kappa shape index (κ2) is 5.17. The number of fused-ring (bicyclic) bond motifs is 1. The molecule has 0 spiro atoms. The lowest BCUT2D eigenvalue weighted by Gasteiger charge is -2.25. The average Bonchev–Trinajstić information content (AvgIpc) is 2.81. The van der Waals surface area contributed by atoms with Crippen molar-refractivity contribution < 1.29 is 14.3 Å². The summed E-state index contributed by atoms with van der Waals surface area (Å²) in [7, 11) is 0. The molecule has 2 aliphatic rings. The van der Waals surface area contributed by atoms with Gasteiger partial charge >= 0.3 is 0 Å². The van der Waals surface area contributed by atoms with Crippen LogP contribution in [-0.4, -0.2) is 34.8 Å². The number of carbonyl (C=O) groups excluding carboxylic acids is 2. The Hall–Kier alpha value is -1.01. The number of imide groups is 1. The molecule has 2 heterocycles. The fourth-order valence-electron chi connectivity index (χ4n) is 2.33. The lowest BCUT2D eigenvalue weighted by Crippen LogP contribution is -2.42. The number of thioether (sulfide) groups is 1. The Balaban J connectivity index is 1.91. The highest BCUT2D eigenvalue weighted by Gasteiger charge is 2.28. The number of ether oxygens (including phenoxy) is 1. The van der Waals surface area contributed by atoms with Crippen LogP contribution in [0.1, 0.15) is 11.1 Å². The quantitative estimate of drug-likeness (QED) is 0.772. The Labute approximate surface area is 123 Å². The summed E-state index contributed by atoms with van der Waals surface area (Å²) < 4.78 is 6.58. The maximum Gasteiger partial charge on any atom is 0.239 e. The predicted octanol–water partition coefficient (Wildman–Crippen LogP) is 1.99. The van der Waals surface area contributed by atoms with Crippen LogP contribution in [0.2, 0.25) is 0 Å². The highest BCUT2D eigenvalue weighted by atomic mass is 79.9. The standard InChI is InChI=1S/C13H12BrNO3S/c14-10-3-8-1-2-18-13(8)9(4-10)5-15-11(16)6-19-7-12(15)17/h3-4H,1-2,5-7H2. The first-order valence-corrected chi connectivity index (χ1v) is 7.95. The number of halogens is 1. The van der Waals surface area contributed by atoms with E-state index in [4.69, 9.17) is 4.74 Å². The third kappa shape index (κ3) is 2.51.